The summed E-state index contributed by atoms with van der Waals surface area (Å²) in [5.41, 5.74) is 4.18. The molecule has 0 spiro atoms. The molecule has 0 aromatic heterocycles. The number of allylic oxidation sites excluding steroid dienone is 1. The average Bonchev–Trinajstić information content (AvgIpc) is 2.53. The molecule has 0 amide bonds. The largest absolute Gasteiger partial charge is 0.508 e. The fraction of sp³-hybridized carbons (Fsp3) is 0.250. The molecule has 4 nitrogen and oxygen atoms in total. The number of benzene rings is 2. The standard InChI is InChI=1S/C16H16O4.C4H8/c1-12-2-3-14(13-4-6-15(18)7-5-13)10-16(12)20-9-8-19-11-17;1-4(2)3/h2-7,10-11,18H,8-9H2,1H3;1H2,2-3H3. The topological polar surface area (TPSA) is 55.8 Å². The van der Waals surface area contributed by atoms with Crippen LogP contribution in [0.1, 0.15) is 19.4 Å². The van der Waals surface area contributed by atoms with Crippen LogP contribution >= 0.6 is 0 Å². The van der Waals surface area contributed by atoms with Crippen LogP contribution in [0.3, 0.4) is 0 Å². The van der Waals surface area contributed by atoms with Crippen LogP contribution in [-0.4, -0.2) is 24.8 Å². The minimum Gasteiger partial charge on any atom is -0.508 e. The molecule has 0 radical (unpaired) electrons. The maximum absolute atomic E-state index is 10.1. The quantitative estimate of drug-likeness (QED) is 0.482. The molecule has 0 fully saturated rings. The Hall–Kier alpha value is -2.75. The van der Waals surface area contributed by atoms with E-state index in [1.807, 2.05) is 51.1 Å². The molecule has 0 unspecified atom stereocenters. The highest BCUT2D eigenvalue weighted by Gasteiger charge is 2.04. The smallest absolute Gasteiger partial charge is 0.293 e. The summed E-state index contributed by atoms with van der Waals surface area (Å²) in [4.78, 5) is 10.1. The molecule has 0 aliphatic rings. The molecule has 1 N–H and O–H groups in total. The van der Waals surface area contributed by atoms with Crippen molar-refractivity contribution in [3.05, 3.63) is 60.2 Å². The predicted octanol–water partition coefficient (Wildman–Crippen LogP) is 4.50. The van der Waals surface area contributed by atoms with E-state index < -0.39 is 0 Å². The molecule has 0 atom stereocenters. The SMILES string of the molecule is C=C(C)C.Cc1ccc(-c2ccc(O)cc2)cc1OCCOC=O. The first kappa shape index (κ1) is 19.3. The zero-order valence-electron chi connectivity index (χ0n) is 14.4. The summed E-state index contributed by atoms with van der Waals surface area (Å²) in [5.74, 6) is 0.994. The van der Waals surface area contributed by atoms with Crippen molar-refractivity contribution in [1.82, 2.24) is 0 Å². The van der Waals surface area contributed by atoms with Crippen LogP contribution in [0.4, 0.5) is 0 Å². The Morgan fingerprint density at radius 1 is 1.08 bits per heavy atom. The summed E-state index contributed by atoms with van der Waals surface area (Å²) in [6.45, 7) is 10.4. The minimum atomic E-state index is 0.229. The Balaban J connectivity index is 0.000000648. The van der Waals surface area contributed by atoms with E-state index in [4.69, 9.17) is 4.74 Å². The van der Waals surface area contributed by atoms with Crippen LogP contribution in [0.15, 0.2) is 54.6 Å². The van der Waals surface area contributed by atoms with Crippen LogP contribution in [-0.2, 0) is 9.53 Å². The van der Waals surface area contributed by atoms with E-state index >= 15 is 0 Å². The maximum Gasteiger partial charge on any atom is 0.293 e. The van der Waals surface area contributed by atoms with Crippen LogP contribution in [0.2, 0.25) is 0 Å². The van der Waals surface area contributed by atoms with E-state index in [2.05, 4.69) is 11.3 Å². The monoisotopic (exact) mass is 328 g/mol. The zero-order chi connectivity index (χ0) is 17.9. The molecule has 24 heavy (non-hydrogen) atoms. The number of hydrogen-bond donors (Lipinski definition) is 1. The highest BCUT2D eigenvalue weighted by Crippen LogP contribution is 2.28. The first-order chi connectivity index (χ1) is 11.4. The predicted molar refractivity (Wildman–Crippen MR) is 96.3 cm³/mol. The van der Waals surface area contributed by atoms with Crippen LogP contribution in [0, 0.1) is 6.92 Å². The summed E-state index contributed by atoms with van der Waals surface area (Å²) in [5, 5.41) is 9.30. The number of ether oxygens (including phenoxy) is 2. The summed E-state index contributed by atoms with van der Waals surface area (Å²) in [7, 11) is 0. The minimum absolute atomic E-state index is 0.229. The van der Waals surface area contributed by atoms with E-state index in [0.29, 0.717) is 13.1 Å². The van der Waals surface area contributed by atoms with Crippen molar-refractivity contribution in [3.8, 4) is 22.6 Å². The average molecular weight is 328 g/mol. The van der Waals surface area contributed by atoms with E-state index in [1.54, 1.807) is 12.1 Å². The molecule has 2 rings (SSSR count). The lowest BCUT2D eigenvalue weighted by molar-refractivity contribution is -0.129. The second-order valence-corrected chi connectivity index (χ2v) is 5.55. The van der Waals surface area contributed by atoms with Crippen molar-refractivity contribution in [3.63, 3.8) is 0 Å². The Morgan fingerprint density at radius 2 is 1.67 bits per heavy atom. The summed E-state index contributed by atoms with van der Waals surface area (Å²) < 4.78 is 10.2. The molecular formula is C20H24O4. The van der Waals surface area contributed by atoms with Gasteiger partial charge < -0.3 is 14.6 Å². The molecule has 2 aromatic carbocycles. The number of rotatable bonds is 6. The lowest BCUT2D eigenvalue weighted by Gasteiger charge is -2.11. The van der Waals surface area contributed by atoms with Gasteiger partial charge in [0.05, 0.1) is 0 Å². The summed E-state index contributed by atoms with van der Waals surface area (Å²) in [6, 6.07) is 12.9. The van der Waals surface area contributed by atoms with Crippen LogP contribution in [0.25, 0.3) is 11.1 Å². The summed E-state index contributed by atoms with van der Waals surface area (Å²) >= 11 is 0. The van der Waals surface area contributed by atoms with Gasteiger partial charge in [0, 0.05) is 0 Å². The third kappa shape index (κ3) is 7.01. The normalized spacial score (nSPS) is 9.46. The highest BCUT2D eigenvalue weighted by atomic mass is 16.5. The molecule has 2 aromatic rings. The fourth-order valence-electron chi connectivity index (χ4n) is 1.84. The lowest BCUT2D eigenvalue weighted by atomic mass is 10.0. The summed E-state index contributed by atoms with van der Waals surface area (Å²) in [6.07, 6.45) is 0. The molecule has 0 bridgehead atoms. The van der Waals surface area contributed by atoms with Crippen LogP contribution < -0.4 is 4.74 Å². The van der Waals surface area contributed by atoms with E-state index in [0.717, 1.165) is 22.4 Å². The third-order valence-electron chi connectivity index (χ3n) is 2.92. The van der Waals surface area contributed by atoms with Gasteiger partial charge in [0.1, 0.15) is 24.7 Å². The second kappa shape index (κ2) is 10.1. The molecule has 0 aliphatic heterocycles. The first-order valence-corrected chi connectivity index (χ1v) is 7.64. The Bertz CT molecular complexity index is 656. The molecule has 0 heterocycles. The van der Waals surface area contributed by atoms with Gasteiger partial charge in [-0.05, 0) is 55.7 Å². The van der Waals surface area contributed by atoms with E-state index in [1.165, 1.54) is 5.57 Å². The molecule has 128 valence electrons. The van der Waals surface area contributed by atoms with Gasteiger partial charge in [-0.1, -0.05) is 29.8 Å². The lowest BCUT2D eigenvalue weighted by Crippen LogP contribution is -2.06. The van der Waals surface area contributed by atoms with Crippen molar-refractivity contribution in [2.24, 2.45) is 0 Å². The number of phenolic OH excluding ortho intramolecular Hbond substituents is 1. The number of aromatic hydroxyl groups is 1. The highest BCUT2D eigenvalue weighted by molar-refractivity contribution is 5.66. The third-order valence-corrected chi connectivity index (χ3v) is 2.92. The number of hydrogen-bond acceptors (Lipinski definition) is 4. The van der Waals surface area contributed by atoms with Crippen molar-refractivity contribution in [2.75, 3.05) is 13.2 Å². The zero-order valence-corrected chi connectivity index (χ0v) is 14.4. The molecule has 0 saturated carbocycles. The molecule has 0 saturated heterocycles. The molecule has 0 aliphatic carbocycles. The molecule has 4 heteroatoms. The van der Waals surface area contributed by atoms with Gasteiger partial charge in [-0.25, -0.2) is 0 Å². The van der Waals surface area contributed by atoms with Gasteiger partial charge >= 0.3 is 0 Å². The Kier molecular flexibility index (Phi) is 8.13. The van der Waals surface area contributed by atoms with Gasteiger partial charge in [-0.15, -0.1) is 6.58 Å². The number of carbonyl (C=O) groups is 1. The van der Waals surface area contributed by atoms with Gasteiger partial charge in [-0.3, -0.25) is 4.79 Å². The van der Waals surface area contributed by atoms with Gasteiger partial charge in [0.25, 0.3) is 6.47 Å². The van der Waals surface area contributed by atoms with Gasteiger partial charge in [0.15, 0.2) is 0 Å². The van der Waals surface area contributed by atoms with Crippen LogP contribution in [0.5, 0.6) is 11.5 Å². The van der Waals surface area contributed by atoms with Gasteiger partial charge in [-0.2, -0.15) is 0 Å². The van der Waals surface area contributed by atoms with E-state index in [-0.39, 0.29) is 12.4 Å². The Labute approximate surface area is 143 Å². The molecular weight excluding hydrogens is 304 g/mol. The van der Waals surface area contributed by atoms with Crippen molar-refractivity contribution in [1.29, 1.82) is 0 Å². The number of carbonyl (C=O) groups excluding carboxylic acids is 1. The van der Waals surface area contributed by atoms with E-state index in [9.17, 15) is 9.90 Å². The van der Waals surface area contributed by atoms with Crippen molar-refractivity contribution >= 4 is 6.47 Å². The second-order valence-electron chi connectivity index (χ2n) is 5.55. The number of phenols is 1. The fourth-order valence-corrected chi connectivity index (χ4v) is 1.84. The first-order valence-electron chi connectivity index (χ1n) is 7.64. The maximum atomic E-state index is 10.1. The van der Waals surface area contributed by atoms with Crippen molar-refractivity contribution < 1.29 is 19.4 Å². The van der Waals surface area contributed by atoms with Gasteiger partial charge in [0.2, 0.25) is 0 Å². The number of aryl methyl sites for hydroxylation is 1. The van der Waals surface area contributed by atoms with Crippen molar-refractivity contribution in [2.45, 2.75) is 20.8 Å². The Morgan fingerprint density at radius 3 is 2.25 bits per heavy atom.